The molecule has 1 aromatic heterocycles. The van der Waals surface area contributed by atoms with E-state index in [9.17, 15) is 18.0 Å². The Labute approximate surface area is 231 Å². The topological polar surface area (TPSA) is 65.4 Å². The number of hydrogen-bond acceptors (Lipinski definition) is 4. The molecule has 0 spiro atoms. The average molecular weight is 550 g/mol. The SMILES string of the molecule is COc1ccc(/C=C/C(=O)Nc2c(C)nn(Cc3cccc(C(F)(F)F)c3)c2C)cc1COc1cccc(C)c1. The van der Waals surface area contributed by atoms with Gasteiger partial charge in [-0.3, -0.25) is 9.48 Å². The van der Waals surface area contributed by atoms with Crippen molar-refractivity contribution in [2.45, 2.75) is 40.1 Å². The molecule has 0 aliphatic carbocycles. The third kappa shape index (κ3) is 7.11. The van der Waals surface area contributed by atoms with E-state index >= 15 is 0 Å². The Morgan fingerprint density at radius 1 is 1.02 bits per heavy atom. The van der Waals surface area contributed by atoms with Crippen LogP contribution in [0.4, 0.5) is 18.9 Å². The quantitative estimate of drug-likeness (QED) is 0.226. The van der Waals surface area contributed by atoms with Gasteiger partial charge in [-0.15, -0.1) is 0 Å². The summed E-state index contributed by atoms with van der Waals surface area (Å²) in [5.41, 5.74) is 4.17. The lowest BCUT2D eigenvalue weighted by molar-refractivity contribution is -0.137. The van der Waals surface area contributed by atoms with Crippen LogP contribution in [0.5, 0.6) is 11.5 Å². The Balaban J connectivity index is 1.44. The first-order valence-electron chi connectivity index (χ1n) is 12.6. The van der Waals surface area contributed by atoms with E-state index in [4.69, 9.17) is 9.47 Å². The fourth-order valence-corrected chi connectivity index (χ4v) is 4.27. The summed E-state index contributed by atoms with van der Waals surface area (Å²) < 4.78 is 52.2. The van der Waals surface area contributed by atoms with Crippen molar-refractivity contribution in [3.05, 3.63) is 112 Å². The molecule has 4 rings (SSSR count). The maximum absolute atomic E-state index is 13.1. The molecule has 208 valence electrons. The van der Waals surface area contributed by atoms with Gasteiger partial charge in [-0.2, -0.15) is 18.3 Å². The van der Waals surface area contributed by atoms with Crippen LogP contribution in [0.1, 0.15) is 39.2 Å². The summed E-state index contributed by atoms with van der Waals surface area (Å²) in [5.74, 6) is 1.06. The number of carbonyl (C=O) groups excluding carboxylic acids is 1. The molecule has 0 radical (unpaired) electrons. The molecule has 0 saturated heterocycles. The minimum absolute atomic E-state index is 0.140. The highest BCUT2D eigenvalue weighted by Crippen LogP contribution is 2.30. The summed E-state index contributed by atoms with van der Waals surface area (Å²) in [4.78, 5) is 12.8. The molecular formula is C31H30F3N3O3. The number of aromatic nitrogens is 2. The van der Waals surface area contributed by atoms with Crippen molar-refractivity contribution in [1.82, 2.24) is 9.78 Å². The highest BCUT2D eigenvalue weighted by atomic mass is 19.4. The van der Waals surface area contributed by atoms with Crippen molar-refractivity contribution >= 4 is 17.7 Å². The second-order valence-corrected chi connectivity index (χ2v) is 9.40. The molecule has 0 unspecified atom stereocenters. The molecule has 3 aromatic carbocycles. The fourth-order valence-electron chi connectivity index (χ4n) is 4.27. The van der Waals surface area contributed by atoms with Crippen molar-refractivity contribution in [2.24, 2.45) is 0 Å². The summed E-state index contributed by atoms with van der Waals surface area (Å²) >= 11 is 0. The number of amides is 1. The van der Waals surface area contributed by atoms with E-state index in [1.165, 1.54) is 12.1 Å². The molecule has 6 nitrogen and oxygen atoms in total. The number of alkyl halides is 3. The van der Waals surface area contributed by atoms with Crippen LogP contribution in [0.25, 0.3) is 6.08 Å². The molecule has 9 heteroatoms. The predicted molar refractivity (Wildman–Crippen MR) is 148 cm³/mol. The number of nitrogens with zero attached hydrogens (tertiary/aromatic N) is 2. The van der Waals surface area contributed by atoms with E-state index in [-0.39, 0.29) is 12.5 Å². The zero-order valence-corrected chi connectivity index (χ0v) is 22.7. The first kappa shape index (κ1) is 28.5. The summed E-state index contributed by atoms with van der Waals surface area (Å²) in [7, 11) is 1.59. The van der Waals surface area contributed by atoms with Gasteiger partial charge in [0.15, 0.2) is 0 Å². The fraction of sp³-hybridized carbons (Fsp3) is 0.226. The molecule has 40 heavy (non-hydrogen) atoms. The number of rotatable bonds is 9. The second-order valence-electron chi connectivity index (χ2n) is 9.40. The standard InChI is InChI=1S/C31H30F3N3O3/c1-20-7-5-10-27(15-20)40-19-25-16-23(11-13-28(25)39-4)12-14-29(38)35-30-21(2)36-37(22(30)3)18-24-8-6-9-26(17-24)31(32,33)34/h5-17H,18-19H2,1-4H3,(H,35,38)/b14-12+. The molecule has 0 aliphatic heterocycles. The number of halogens is 3. The maximum atomic E-state index is 13.1. The molecule has 1 N–H and O–H groups in total. The van der Waals surface area contributed by atoms with Gasteiger partial charge in [-0.25, -0.2) is 0 Å². The van der Waals surface area contributed by atoms with Gasteiger partial charge < -0.3 is 14.8 Å². The number of hydrogen-bond donors (Lipinski definition) is 1. The van der Waals surface area contributed by atoms with E-state index in [1.807, 2.05) is 49.4 Å². The number of carbonyl (C=O) groups is 1. The first-order chi connectivity index (χ1) is 19.0. The van der Waals surface area contributed by atoms with E-state index in [0.29, 0.717) is 35.0 Å². The van der Waals surface area contributed by atoms with Crippen LogP contribution < -0.4 is 14.8 Å². The molecule has 4 aromatic rings. The second kappa shape index (κ2) is 12.1. The van der Waals surface area contributed by atoms with Gasteiger partial charge in [0.25, 0.3) is 0 Å². The molecule has 0 saturated carbocycles. The van der Waals surface area contributed by atoms with Crippen LogP contribution in [0.2, 0.25) is 0 Å². The van der Waals surface area contributed by atoms with Gasteiger partial charge >= 0.3 is 6.18 Å². The van der Waals surface area contributed by atoms with E-state index in [2.05, 4.69) is 10.4 Å². The Morgan fingerprint density at radius 3 is 2.52 bits per heavy atom. The minimum Gasteiger partial charge on any atom is -0.496 e. The third-order valence-corrected chi connectivity index (χ3v) is 6.33. The smallest absolute Gasteiger partial charge is 0.416 e. The van der Waals surface area contributed by atoms with Crippen molar-refractivity contribution in [2.75, 3.05) is 12.4 Å². The number of benzene rings is 3. The number of methoxy groups -OCH3 is 1. The Bertz CT molecular complexity index is 1540. The number of ether oxygens (including phenoxy) is 2. The van der Waals surface area contributed by atoms with Crippen LogP contribution in [-0.4, -0.2) is 22.8 Å². The molecule has 1 amide bonds. The van der Waals surface area contributed by atoms with Gasteiger partial charge in [0.2, 0.25) is 5.91 Å². The van der Waals surface area contributed by atoms with Gasteiger partial charge in [-0.1, -0.05) is 30.3 Å². The molecule has 0 bridgehead atoms. The normalized spacial score (nSPS) is 11.6. The summed E-state index contributed by atoms with van der Waals surface area (Å²) in [6.45, 7) is 5.93. The van der Waals surface area contributed by atoms with E-state index < -0.39 is 11.7 Å². The molecule has 1 heterocycles. The van der Waals surface area contributed by atoms with Gasteiger partial charge in [0, 0.05) is 11.6 Å². The highest BCUT2D eigenvalue weighted by molar-refractivity contribution is 6.02. The van der Waals surface area contributed by atoms with Crippen molar-refractivity contribution in [1.29, 1.82) is 0 Å². The van der Waals surface area contributed by atoms with Crippen molar-refractivity contribution in [3.8, 4) is 11.5 Å². The average Bonchev–Trinajstić information content (AvgIpc) is 3.17. The lowest BCUT2D eigenvalue weighted by atomic mass is 10.1. The highest BCUT2D eigenvalue weighted by Gasteiger charge is 2.30. The third-order valence-electron chi connectivity index (χ3n) is 6.33. The van der Waals surface area contributed by atoms with Gasteiger partial charge in [-0.05, 0) is 79.9 Å². The largest absolute Gasteiger partial charge is 0.496 e. The summed E-state index contributed by atoms with van der Waals surface area (Å²) in [6.07, 6.45) is -1.33. The van der Waals surface area contributed by atoms with Crippen LogP contribution >= 0.6 is 0 Å². The first-order valence-corrected chi connectivity index (χ1v) is 12.6. The van der Waals surface area contributed by atoms with Crippen molar-refractivity contribution in [3.63, 3.8) is 0 Å². The predicted octanol–water partition coefficient (Wildman–Crippen LogP) is 7.11. The lowest BCUT2D eigenvalue weighted by Crippen LogP contribution is -2.10. The van der Waals surface area contributed by atoms with Crippen LogP contribution in [0, 0.1) is 20.8 Å². The van der Waals surface area contributed by atoms with Crippen molar-refractivity contribution < 1.29 is 27.4 Å². The number of anilines is 1. The summed E-state index contributed by atoms with van der Waals surface area (Å²) in [5, 5.41) is 7.26. The molecule has 0 aliphatic rings. The van der Waals surface area contributed by atoms with Gasteiger partial charge in [0.05, 0.1) is 36.3 Å². The van der Waals surface area contributed by atoms with E-state index in [0.717, 1.165) is 34.6 Å². The zero-order chi connectivity index (χ0) is 28.9. The number of nitrogens with one attached hydrogen (secondary N) is 1. The lowest BCUT2D eigenvalue weighted by Gasteiger charge is -2.11. The Morgan fingerprint density at radius 2 is 1.80 bits per heavy atom. The zero-order valence-electron chi connectivity index (χ0n) is 22.7. The maximum Gasteiger partial charge on any atom is 0.416 e. The number of aryl methyl sites for hydroxylation is 2. The monoisotopic (exact) mass is 549 g/mol. The summed E-state index contributed by atoms with van der Waals surface area (Å²) in [6, 6.07) is 18.4. The van der Waals surface area contributed by atoms with Crippen LogP contribution in [0.15, 0.2) is 72.8 Å². The van der Waals surface area contributed by atoms with Gasteiger partial charge in [0.1, 0.15) is 18.1 Å². The van der Waals surface area contributed by atoms with Crippen LogP contribution in [0.3, 0.4) is 0 Å². The minimum atomic E-state index is -4.42. The van der Waals surface area contributed by atoms with Crippen LogP contribution in [-0.2, 0) is 24.1 Å². The Hall–Kier alpha value is -4.53. The van der Waals surface area contributed by atoms with E-state index in [1.54, 1.807) is 37.8 Å². The Kier molecular flexibility index (Phi) is 8.62. The molecule has 0 fully saturated rings. The molecular weight excluding hydrogens is 519 g/mol. The molecule has 0 atom stereocenters.